The van der Waals surface area contributed by atoms with Crippen LogP contribution in [0.3, 0.4) is 0 Å². The molecule has 0 radical (unpaired) electrons. The van der Waals surface area contributed by atoms with Crippen molar-refractivity contribution < 1.29 is 14.1 Å². The molecular weight excluding hydrogens is 238 g/mol. The van der Waals surface area contributed by atoms with Gasteiger partial charge in [-0.05, 0) is 37.6 Å². The number of hydrogen-bond acceptors (Lipinski definition) is 3. The van der Waals surface area contributed by atoms with Gasteiger partial charge in [-0.2, -0.15) is 0 Å². The molecule has 0 saturated carbocycles. The molecular formula is C12H17NO3S. The molecule has 1 aromatic rings. The maximum atomic E-state index is 11.1. The predicted molar refractivity (Wildman–Crippen MR) is 70.2 cm³/mol. The van der Waals surface area contributed by atoms with E-state index in [4.69, 9.17) is 5.11 Å². The summed E-state index contributed by atoms with van der Waals surface area (Å²) in [5, 5.41) is 12.1. The van der Waals surface area contributed by atoms with Crippen LogP contribution in [0.2, 0.25) is 0 Å². The number of anilines is 1. The Kier molecular flexibility index (Phi) is 4.69. The van der Waals surface area contributed by atoms with Crippen molar-refractivity contribution in [3.05, 3.63) is 29.3 Å². The lowest BCUT2D eigenvalue weighted by Crippen LogP contribution is -2.22. The van der Waals surface area contributed by atoms with Gasteiger partial charge >= 0.3 is 5.97 Å². The van der Waals surface area contributed by atoms with Crippen molar-refractivity contribution in [1.29, 1.82) is 0 Å². The maximum Gasteiger partial charge on any atom is 0.335 e. The monoisotopic (exact) mass is 255 g/mol. The molecule has 5 heteroatoms. The van der Waals surface area contributed by atoms with Crippen LogP contribution in [0.1, 0.15) is 22.8 Å². The molecule has 0 bridgehead atoms. The molecule has 0 heterocycles. The summed E-state index contributed by atoms with van der Waals surface area (Å²) in [6, 6.07) is 5.02. The second kappa shape index (κ2) is 5.82. The van der Waals surface area contributed by atoms with E-state index in [0.29, 0.717) is 5.75 Å². The fourth-order valence-corrected chi connectivity index (χ4v) is 2.41. The fourth-order valence-electron chi connectivity index (χ4n) is 1.62. The normalized spacial score (nSPS) is 14.1. The first-order valence-electron chi connectivity index (χ1n) is 5.30. The van der Waals surface area contributed by atoms with Gasteiger partial charge in [0.05, 0.1) is 5.56 Å². The third-order valence-electron chi connectivity index (χ3n) is 2.36. The number of hydrogen-bond donors (Lipinski definition) is 2. The van der Waals surface area contributed by atoms with E-state index in [1.54, 1.807) is 24.5 Å². The zero-order chi connectivity index (χ0) is 13.0. The van der Waals surface area contributed by atoms with Crippen molar-refractivity contribution in [2.45, 2.75) is 19.9 Å². The van der Waals surface area contributed by atoms with Gasteiger partial charge in [0.15, 0.2) is 0 Å². The number of carboxylic acids is 1. The summed E-state index contributed by atoms with van der Waals surface area (Å²) in [4.78, 5) is 10.8. The molecule has 2 unspecified atom stereocenters. The van der Waals surface area contributed by atoms with Crippen LogP contribution >= 0.6 is 0 Å². The topological polar surface area (TPSA) is 66.4 Å². The zero-order valence-electron chi connectivity index (χ0n) is 10.2. The van der Waals surface area contributed by atoms with Crippen molar-refractivity contribution in [3.8, 4) is 0 Å². The maximum absolute atomic E-state index is 11.1. The molecule has 0 fully saturated rings. The Morgan fingerprint density at radius 2 is 2.18 bits per heavy atom. The molecule has 1 rings (SSSR count). The Bertz CT molecular complexity index is 445. The molecule has 94 valence electrons. The van der Waals surface area contributed by atoms with Gasteiger partial charge < -0.3 is 10.4 Å². The summed E-state index contributed by atoms with van der Waals surface area (Å²) < 4.78 is 11.1. The summed E-state index contributed by atoms with van der Waals surface area (Å²) in [7, 11) is -0.844. The number of carbonyl (C=O) groups is 1. The van der Waals surface area contributed by atoms with Crippen molar-refractivity contribution in [2.24, 2.45) is 0 Å². The molecule has 0 spiro atoms. The lowest BCUT2D eigenvalue weighted by molar-refractivity contribution is 0.0697. The van der Waals surface area contributed by atoms with E-state index < -0.39 is 16.8 Å². The van der Waals surface area contributed by atoms with E-state index in [-0.39, 0.29) is 11.6 Å². The highest BCUT2D eigenvalue weighted by molar-refractivity contribution is 7.84. The summed E-state index contributed by atoms with van der Waals surface area (Å²) in [5.74, 6) is -0.359. The smallest absolute Gasteiger partial charge is 0.335 e. The van der Waals surface area contributed by atoms with Crippen LogP contribution in [0.25, 0.3) is 0 Å². The van der Waals surface area contributed by atoms with E-state index >= 15 is 0 Å². The van der Waals surface area contributed by atoms with Gasteiger partial charge in [-0.3, -0.25) is 4.21 Å². The van der Waals surface area contributed by atoms with Crippen LogP contribution in [-0.2, 0) is 10.8 Å². The number of carboxylic acid groups (broad SMARTS) is 1. The zero-order valence-corrected chi connectivity index (χ0v) is 11.0. The highest BCUT2D eigenvalue weighted by Crippen LogP contribution is 2.17. The minimum atomic E-state index is -0.928. The molecule has 0 aliphatic rings. The fraction of sp³-hybridized carbons (Fsp3) is 0.417. The van der Waals surface area contributed by atoms with Crippen molar-refractivity contribution >= 4 is 22.5 Å². The first kappa shape index (κ1) is 13.7. The first-order chi connectivity index (χ1) is 7.90. The van der Waals surface area contributed by atoms with E-state index in [9.17, 15) is 9.00 Å². The third kappa shape index (κ3) is 4.19. The summed E-state index contributed by atoms with van der Waals surface area (Å²) >= 11 is 0. The van der Waals surface area contributed by atoms with Crippen LogP contribution in [0.15, 0.2) is 18.2 Å². The molecule has 1 aromatic carbocycles. The minimum Gasteiger partial charge on any atom is -0.478 e. The Morgan fingerprint density at radius 1 is 1.53 bits per heavy atom. The van der Waals surface area contributed by atoms with Crippen LogP contribution in [0.5, 0.6) is 0 Å². The molecule has 2 N–H and O–H groups in total. The average molecular weight is 255 g/mol. The SMILES string of the molecule is Cc1cc(C(=O)O)ccc1NC(C)CS(C)=O. The number of aromatic carboxylic acids is 1. The van der Waals surface area contributed by atoms with Crippen molar-refractivity contribution in [3.63, 3.8) is 0 Å². The Morgan fingerprint density at radius 3 is 2.65 bits per heavy atom. The Hall–Kier alpha value is -1.36. The standard InChI is InChI=1S/C12H17NO3S/c1-8-6-10(12(14)15)4-5-11(8)13-9(2)7-17(3)16/h4-6,9,13H,7H2,1-3H3,(H,14,15). The minimum absolute atomic E-state index is 0.0928. The average Bonchev–Trinajstić information content (AvgIpc) is 2.19. The van der Waals surface area contributed by atoms with Gasteiger partial charge in [-0.1, -0.05) is 0 Å². The summed E-state index contributed by atoms with van der Waals surface area (Å²) in [5.41, 5.74) is 2.03. The van der Waals surface area contributed by atoms with Crippen molar-refractivity contribution in [2.75, 3.05) is 17.3 Å². The van der Waals surface area contributed by atoms with Crippen LogP contribution in [-0.4, -0.2) is 33.3 Å². The van der Waals surface area contributed by atoms with Gasteiger partial charge in [0.1, 0.15) is 0 Å². The van der Waals surface area contributed by atoms with Crippen LogP contribution in [0, 0.1) is 6.92 Å². The first-order valence-corrected chi connectivity index (χ1v) is 7.03. The Labute approximate surface area is 104 Å². The van der Waals surface area contributed by atoms with Crippen LogP contribution < -0.4 is 5.32 Å². The molecule has 0 aromatic heterocycles. The number of benzene rings is 1. The van der Waals surface area contributed by atoms with Crippen LogP contribution in [0.4, 0.5) is 5.69 Å². The third-order valence-corrected chi connectivity index (χ3v) is 3.33. The molecule has 0 saturated heterocycles. The summed E-state index contributed by atoms with van der Waals surface area (Å²) in [6.45, 7) is 3.80. The van der Waals surface area contributed by atoms with E-state index in [2.05, 4.69) is 5.32 Å². The number of rotatable bonds is 5. The lowest BCUT2D eigenvalue weighted by atomic mass is 10.1. The predicted octanol–water partition coefficient (Wildman–Crippen LogP) is 1.87. The summed E-state index contributed by atoms with van der Waals surface area (Å²) in [6.07, 6.45) is 1.67. The van der Waals surface area contributed by atoms with E-state index in [0.717, 1.165) is 11.3 Å². The van der Waals surface area contributed by atoms with E-state index in [1.165, 1.54) is 0 Å². The van der Waals surface area contributed by atoms with Gasteiger partial charge in [0.2, 0.25) is 0 Å². The highest BCUT2D eigenvalue weighted by atomic mass is 32.2. The van der Waals surface area contributed by atoms with Crippen molar-refractivity contribution in [1.82, 2.24) is 0 Å². The van der Waals surface area contributed by atoms with Gasteiger partial charge in [0.25, 0.3) is 0 Å². The second-order valence-corrected chi connectivity index (χ2v) is 5.60. The van der Waals surface area contributed by atoms with Gasteiger partial charge in [-0.25, -0.2) is 4.79 Å². The molecule has 0 aliphatic heterocycles. The highest BCUT2D eigenvalue weighted by Gasteiger charge is 2.08. The Balaban J connectivity index is 2.79. The van der Waals surface area contributed by atoms with Gasteiger partial charge in [0, 0.05) is 34.5 Å². The van der Waals surface area contributed by atoms with Gasteiger partial charge in [-0.15, -0.1) is 0 Å². The largest absolute Gasteiger partial charge is 0.478 e. The molecule has 17 heavy (non-hydrogen) atoms. The number of nitrogens with one attached hydrogen (secondary N) is 1. The molecule has 0 amide bonds. The molecule has 0 aliphatic carbocycles. The lowest BCUT2D eigenvalue weighted by Gasteiger charge is -2.16. The molecule has 2 atom stereocenters. The molecule has 4 nitrogen and oxygen atoms in total. The quantitative estimate of drug-likeness (QED) is 0.843. The number of aryl methyl sites for hydroxylation is 1. The second-order valence-electron chi connectivity index (χ2n) is 4.12. The van der Waals surface area contributed by atoms with E-state index in [1.807, 2.05) is 13.8 Å².